The number of likely N-dealkylation sites (tertiary alicyclic amines) is 1. The molecule has 1 aromatic carbocycles. The number of nitrogens with zero attached hydrogens (tertiary/aromatic N) is 2. The highest BCUT2D eigenvalue weighted by Crippen LogP contribution is 2.17. The normalized spacial score (nSPS) is 17.0. The minimum Gasteiger partial charge on any atom is -0.488 e. The average molecular weight is 513 g/mol. The Morgan fingerprint density at radius 1 is 1.36 bits per heavy atom. The summed E-state index contributed by atoms with van der Waals surface area (Å²) in [7, 11) is 3.42. The van der Waals surface area contributed by atoms with Crippen LogP contribution in [0.1, 0.15) is 12.0 Å². The monoisotopic (exact) mass is 513 g/mol. The summed E-state index contributed by atoms with van der Waals surface area (Å²) in [6.07, 6.45) is -1.42. The van der Waals surface area contributed by atoms with Crippen LogP contribution < -0.4 is 10.1 Å². The van der Waals surface area contributed by atoms with Gasteiger partial charge < -0.3 is 24.4 Å². The first-order valence-electron chi connectivity index (χ1n) is 9.14. The number of ether oxygens (including phenoxy) is 3. The van der Waals surface area contributed by atoms with E-state index >= 15 is 0 Å². The zero-order valence-corrected chi connectivity index (χ0v) is 18.7. The van der Waals surface area contributed by atoms with Gasteiger partial charge in [0.05, 0.1) is 19.8 Å². The molecule has 0 aliphatic carbocycles. The Hall–Kier alpha value is -1.20. The fraction of sp³-hybridized carbons (Fsp3) is 0.632. The first kappa shape index (κ1) is 24.8. The molecule has 1 saturated heterocycles. The second-order valence-corrected chi connectivity index (χ2v) is 6.42. The highest BCUT2D eigenvalue weighted by atomic mass is 127. The topological polar surface area (TPSA) is 55.3 Å². The quantitative estimate of drug-likeness (QED) is 0.226. The summed E-state index contributed by atoms with van der Waals surface area (Å²) in [6, 6.07) is 7.16. The third kappa shape index (κ3) is 8.87. The largest absolute Gasteiger partial charge is 0.488 e. The Kier molecular flexibility index (Phi) is 12.3. The van der Waals surface area contributed by atoms with Crippen molar-refractivity contribution in [3.8, 4) is 5.75 Å². The van der Waals surface area contributed by atoms with Crippen LogP contribution in [0.5, 0.6) is 5.75 Å². The van der Waals surface area contributed by atoms with Crippen molar-refractivity contribution in [2.75, 3.05) is 53.7 Å². The van der Waals surface area contributed by atoms with E-state index in [1.165, 1.54) is 0 Å². The van der Waals surface area contributed by atoms with Gasteiger partial charge in [0.1, 0.15) is 12.4 Å². The second-order valence-electron chi connectivity index (χ2n) is 6.42. The van der Waals surface area contributed by atoms with Crippen molar-refractivity contribution in [1.82, 2.24) is 10.2 Å². The maximum Gasteiger partial charge on any atom is 0.272 e. The minimum absolute atomic E-state index is 0. The van der Waals surface area contributed by atoms with Crippen LogP contribution in [0.25, 0.3) is 0 Å². The van der Waals surface area contributed by atoms with Crippen molar-refractivity contribution in [2.45, 2.75) is 19.4 Å². The number of rotatable bonds is 10. The lowest BCUT2D eigenvalue weighted by atomic mass is 10.1. The van der Waals surface area contributed by atoms with E-state index < -0.39 is 13.0 Å². The summed E-state index contributed by atoms with van der Waals surface area (Å²) in [5.41, 5.74) is 0.946. The van der Waals surface area contributed by atoms with Gasteiger partial charge in [0.25, 0.3) is 6.43 Å². The van der Waals surface area contributed by atoms with Crippen LogP contribution in [-0.2, 0) is 16.0 Å². The van der Waals surface area contributed by atoms with Gasteiger partial charge in [0.2, 0.25) is 0 Å². The van der Waals surface area contributed by atoms with Crippen molar-refractivity contribution in [3.05, 3.63) is 29.8 Å². The van der Waals surface area contributed by atoms with Crippen LogP contribution in [0.2, 0.25) is 0 Å². The first-order chi connectivity index (χ1) is 13.1. The van der Waals surface area contributed by atoms with Crippen LogP contribution in [0.4, 0.5) is 8.78 Å². The number of guanidine groups is 1. The lowest BCUT2D eigenvalue weighted by Gasteiger charge is -2.22. The molecular weight excluding hydrogens is 483 g/mol. The van der Waals surface area contributed by atoms with E-state index in [4.69, 9.17) is 14.2 Å². The van der Waals surface area contributed by atoms with Crippen LogP contribution in [0.3, 0.4) is 0 Å². The molecule has 9 heteroatoms. The number of nitrogens with one attached hydrogen (secondary N) is 1. The van der Waals surface area contributed by atoms with Gasteiger partial charge in [-0.1, -0.05) is 12.1 Å². The third-order valence-electron chi connectivity index (χ3n) is 4.31. The van der Waals surface area contributed by atoms with Crippen molar-refractivity contribution in [2.24, 2.45) is 10.9 Å². The summed E-state index contributed by atoms with van der Waals surface area (Å²) in [4.78, 5) is 6.56. The molecule has 0 amide bonds. The molecule has 1 N–H and O–H groups in total. The summed E-state index contributed by atoms with van der Waals surface area (Å²) in [5, 5.41) is 3.33. The molecule has 2 rings (SSSR count). The molecule has 0 saturated carbocycles. The molecule has 6 nitrogen and oxygen atoms in total. The van der Waals surface area contributed by atoms with E-state index in [9.17, 15) is 8.78 Å². The molecule has 160 valence electrons. The standard InChI is InChI=1S/C19H29F2N3O3.HI/c1-22-19(24-7-6-16(12-24)13-26-9-8-25-2)23-11-15-4-3-5-17(10-15)27-14-18(20)21;/h3-5,10,16,18H,6-9,11-14H2,1-2H3,(H,22,23);1H. The lowest BCUT2D eigenvalue weighted by Crippen LogP contribution is -2.39. The number of halogens is 3. The number of alkyl halides is 2. The summed E-state index contributed by atoms with van der Waals surface area (Å²) < 4.78 is 40.2. The Morgan fingerprint density at radius 3 is 2.89 bits per heavy atom. The minimum atomic E-state index is -2.48. The maximum atomic E-state index is 12.3. The van der Waals surface area contributed by atoms with Crippen LogP contribution >= 0.6 is 24.0 Å². The molecule has 1 aliphatic rings. The van der Waals surface area contributed by atoms with E-state index in [0.717, 1.165) is 37.6 Å². The molecule has 0 spiro atoms. The highest BCUT2D eigenvalue weighted by Gasteiger charge is 2.24. The Bertz CT molecular complexity index is 593. The molecular formula is C19H30F2IN3O3. The molecule has 1 heterocycles. The molecule has 1 aliphatic heterocycles. The van der Waals surface area contributed by atoms with E-state index in [2.05, 4.69) is 15.2 Å². The van der Waals surface area contributed by atoms with Gasteiger partial charge in [0, 0.05) is 39.7 Å². The zero-order valence-electron chi connectivity index (χ0n) is 16.4. The Labute approximate surface area is 182 Å². The van der Waals surface area contributed by atoms with Crippen molar-refractivity contribution < 1.29 is 23.0 Å². The molecule has 1 aromatic rings. The van der Waals surface area contributed by atoms with Gasteiger partial charge in [-0.2, -0.15) is 0 Å². The van der Waals surface area contributed by atoms with E-state index in [0.29, 0.717) is 31.4 Å². The van der Waals surface area contributed by atoms with Crippen molar-refractivity contribution in [1.29, 1.82) is 0 Å². The number of methoxy groups -OCH3 is 1. The Balaban J connectivity index is 0.00000392. The highest BCUT2D eigenvalue weighted by molar-refractivity contribution is 14.0. The number of aliphatic imine (C=N–C) groups is 1. The third-order valence-corrected chi connectivity index (χ3v) is 4.31. The van der Waals surface area contributed by atoms with Gasteiger partial charge in [-0.25, -0.2) is 8.78 Å². The summed E-state index contributed by atoms with van der Waals surface area (Å²) in [5.74, 6) is 1.75. The fourth-order valence-electron chi connectivity index (χ4n) is 2.97. The molecule has 28 heavy (non-hydrogen) atoms. The van der Waals surface area contributed by atoms with Crippen molar-refractivity contribution >= 4 is 29.9 Å². The molecule has 0 bridgehead atoms. The molecule has 1 fully saturated rings. The van der Waals surface area contributed by atoms with Crippen LogP contribution in [-0.4, -0.2) is 71.0 Å². The van der Waals surface area contributed by atoms with Gasteiger partial charge in [-0.3, -0.25) is 4.99 Å². The smallest absolute Gasteiger partial charge is 0.272 e. The number of benzene rings is 1. The van der Waals surface area contributed by atoms with Gasteiger partial charge in [-0.05, 0) is 24.1 Å². The van der Waals surface area contributed by atoms with E-state index in [-0.39, 0.29) is 24.0 Å². The lowest BCUT2D eigenvalue weighted by molar-refractivity contribution is 0.0536. The molecule has 1 unspecified atom stereocenters. The molecule has 1 atom stereocenters. The predicted molar refractivity (Wildman–Crippen MR) is 116 cm³/mol. The van der Waals surface area contributed by atoms with E-state index in [1.807, 2.05) is 6.07 Å². The van der Waals surface area contributed by atoms with Gasteiger partial charge >= 0.3 is 0 Å². The van der Waals surface area contributed by atoms with Gasteiger partial charge in [0.15, 0.2) is 5.96 Å². The average Bonchev–Trinajstić information content (AvgIpc) is 3.13. The van der Waals surface area contributed by atoms with Crippen LogP contribution in [0, 0.1) is 5.92 Å². The summed E-state index contributed by atoms with van der Waals surface area (Å²) >= 11 is 0. The zero-order chi connectivity index (χ0) is 19.5. The number of hydrogen-bond donors (Lipinski definition) is 1. The van der Waals surface area contributed by atoms with Crippen molar-refractivity contribution in [3.63, 3.8) is 0 Å². The molecule has 0 radical (unpaired) electrons. The SMILES string of the molecule is CN=C(NCc1cccc(OCC(F)F)c1)N1CCC(COCCOC)C1.I. The number of hydrogen-bond acceptors (Lipinski definition) is 4. The Morgan fingerprint density at radius 2 is 2.18 bits per heavy atom. The van der Waals surface area contributed by atoms with Gasteiger partial charge in [-0.15, -0.1) is 24.0 Å². The van der Waals surface area contributed by atoms with E-state index in [1.54, 1.807) is 32.4 Å². The fourth-order valence-corrected chi connectivity index (χ4v) is 2.97. The first-order valence-corrected chi connectivity index (χ1v) is 9.14. The predicted octanol–water partition coefficient (Wildman–Crippen LogP) is 3.01. The van der Waals surface area contributed by atoms with Crippen LogP contribution in [0.15, 0.2) is 29.3 Å². The summed E-state index contributed by atoms with van der Waals surface area (Å²) in [6.45, 7) is 3.72. The second kappa shape index (κ2) is 13.9. The maximum absolute atomic E-state index is 12.3. The molecule has 0 aromatic heterocycles.